The molecular weight excluding hydrogens is 307 g/mol. The van der Waals surface area contributed by atoms with Gasteiger partial charge in [-0.3, -0.25) is 4.21 Å². The van der Waals surface area contributed by atoms with E-state index in [1.54, 1.807) is 0 Å². The Bertz CT molecular complexity index is 526. The zero-order valence-electron chi connectivity index (χ0n) is 13.0. The molecule has 124 valence electrons. The van der Waals surface area contributed by atoms with Crippen molar-refractivity contribution in [3.05, 3.63) is 24.0 Å². The molecule has 2 N–H and O–H groups in total. The number of hydrogen-bond acceptors (Lipinski definition) is 3. The van der Waals surface area contributed by atoms with Crippen LogP contribution in [0.1, 0.15) is 26.2 Å². The fraction of sp³-hybridized carbons (Fsp3) is 0.533. The molecule has 1 atom stereocenters. The van der Waals surface area contributed by atoms with Gasteiger partial charge in [0.1, 0.15) is 5.82 Å². The molecule has 0 radical (unpaired) electrons. The van der Waals surface area contributed by atoms with Crippen LogP contribution in [0.3, 0.4) is 0 Å². The Morgan fingerprint density at radius 2 is 2.09 bits per heavy atom. The van der Waals surface area contributed by atoms with Crippen LogP contribution in [0.4, 0.5) is 14.9 Å². The van der Waals surface area contributed by atoms with Gasteiger partial charge < -0.3 is 15.3 Å². The van der Waals surface area contributed by atoms with Crippen molar-refractivity contribution in [3.63, 3.8) is 0 Å². The van der Waals surface area contributed by atoms with E-state index in [2.05, 4.69) is 12.2 Å². The van der Waals surface area contributed by atoms with Crippen LogP contribution in [-0.4, -0.2) is 46.2 Å². The van der Waals surface area contributed by atoms with Gasteiger partial charge in [-0.25, -0.2) is 9.18 Å². The first-order chi connectivity index (χ1) is 10.5. The van der Waals surface area contributed by atoms with E-state index in [-0.39, 0.29) is 24.1 Å². The molecule has 2 amide bonds. The van der Waals surface area contributed by atoms with Gasteiger partial charge in [-0.1, -0.05) is 19.8 Å². The second-order valence-electron chi connectivity index (χ2n) is 4.95. The fourth-order valence-electron chi connectivity index (χ4n) is 2.00. The van der Waals surface area contributed by atoms with Gasteiger partial charge in [0.15, 0.2) is 0 Å². The number of anilines is 1. The van der Waals surface area contributed by atoms with Crippen molar-refractivity contribution in [2.24, 2.45) is 0 Å². The molecule has 0 aliphatic carbocycles. The molecule has 0 bridgehead atoms. The molecule has 1 aromatic carbocycles. The van der Waals surface area contributed by atoms with Gasteiger partial charge >= 0.3 is 6.03 Å². The number of nitrogens with one attached hydrogen (secondary N) is 1. The fourth-order valence-corrected chi connectivity index (χ4v) is 2.60. The van der Waals surface area contributed by atoms with Crippen molar-refractivity contribution in [2.45, 2.75) is 31.1 Å². The molecule has 0 fully saturated rings. The standard InChI is InChI=1S/C15H23FN2O3S/c1-3-4-5-8-18(9-10-19)15(20)17-12-6-7-14(22(2)21)13(16)11-12/h6-7,11,19H,3-5,8-10H2,1-2H3,(H,17,20). The molecule has 0 spiro atoms. The van der Waals surface area contributed by atoms with E-state index in [0.717, 1.165) is 25.3 Å². The third-order valence-corrected chi connectivity index (χ3v) is 4.13. The highest BCUT2D eigenvalue weighted by molar-refractivity contribution is 7.84. The Morgan fingerprint density at radius 3 is 2.64 bits per heavy atom. The number of rotatable bonds is 8. The number of amides is 2. The highest BCUT2D eigenvalue weighted by Gasteiger charge is 2.14. The maximum Gasteiger partial charge on any atom is 0.321 e. The van der Waals surface area contributed by atoms with Crippen molar-refractivity contribution in [1.29, 1.82) is 0 Å². The summed E-state index contributed by atoms with van der Waals surface area (Å²) >= 11 is 0. The lowest BCUT2D eigenvalue weighted by Crippen LogP contribution is -2.37. The average Bonchev–Trinajstić information content (AvgIpc) is 2.46. The van der Waals surface area contributed by atoms with E-state index in [1.807, 2.05) is 0 Å². The van der Waals surface area contributed by atoms with Gasteiger partial charge in [-0.05, 0) is 24.6 Å². The molecule has 0 aliphatic rings. The van der Waals surface area contributed by atoms with Crippen molar-refractivity contribution < 1.29 is 18.5 Å². The van der Waals surface area contributed by atoms with Crippen molar-refractivity contribution in [3.8, 4) is 0 Å². The first kappa shape index (κ1) is 18.6. The zero-order chi connectivity index (χ0) is 16.5. The third kappa shape index (κ3) is 5.73. The van der Waals surface area contributed by atoms with Gasteiger partial charge in [0.2, 0.25) is 0 Å². The Kier molecular flexibility index (Phi) is 8.05. The van der Waals surface area contributed by atoms with Gasteiger partial charge in [-0.15, -0.1) is 0 Å². The van der Waals surface area contributed by atoms with E-state index in [4.69, 9.17) is 5.11 Å². The summed E-state index contributed by atoms with van der Waals surface area (Å²) in [5, 5.41) is 11.6. The molecule has 0 aromatic heterocycles. The Balaban J connectivity index is 2.71. The number of aliphatic hydroxyl groups is 1. The molecule has 1 aromatic rings. The van der Waals surface area contributed by atoms with Gasteiger partial charge in [0.25, 0.3) is 0 Å². The van der Waals surface area contributed by atoms with E-state index in [1.165, 1.54) is 23.3 Å². The second kappa shape index (κ2) is 9.53. The Morgan fingerprint density at radius 1 is 1.36 bits per heavy atom. The maximum atomic E-state index is 13.8. The molecule has 0 saturated carbocycles. The highest BCUT2D eigenvalue weighted by Crippen LogP contribution is 2.17. The van der Waals surface area contributed by atoms with Crippen LogP contribution >= 0.6 is 0 Å². The minimum atomic E-state index is -1.41. The molecule has 7 heteroatoms. The molecule has 5 nitrogen and oxygen atoms in total. The van der Waals surface area contributed by atoms with Crippen LogP contribution in [0.2, 0.25) is 0 Å². The molecular formula is C15H23FN2O3S. The van der Waals surface area contributed by atoms with Gasteiger partial charge in [0, 0.05) is 25.0 Å². The Hall–Kier alpha value is -1.47. The number of hydrogen-bond donors (Lipinski definition) is 2. The normalized spacial score (nSPS) is 12.0. The second-order valence-corrected chi connectivity index (χ2v) is 6.30. The quantitative estimate of drug-likeness (QED) is 0.720. The van der Waals surface area contributed by atoms with Crippen LogP contribution in [0.15, 0.2) is 23.1 Å². The van der Waals surface area contributed by atoms with E-state index in [9.17, 15) is 13.4 Å². The number of aliphatic hydroxyl groups excluding tert-OH is 1. The molecule has 0 heterocycles. The van der Waals surface area contributed by atoms with Crippen LogP contribution < -0.4 is 5.32 Å². The van der Waals surface area contributed by atoms with Crippen molar-refractivity contribution >= 4 is 22.5 Å². The summed E-state index contributed by atoms with van der Waals surface area (Å²) in [7, 11) is -1.41. The maximum absolute atomic E-state index is 13.8. The van der Waals surface area contributed by atoms with Crippen LogP contribution in [0.25, 0.3) is 0 Å². The number of unbranched alkanes of at least 4 members (excludes halogenated alkanes) is 2. The number of benzene rings is 1. The molecule has 1 unspecified atom stereocenters. The topological polar surface area (TPSA) is 69.6 Å². The van der Waals surface area contributed by atoms with E-state index >= 15 is 0 Å². The first-order valence-electron chi connectivity index (χ1n) is 7.29. The number of carbonyl (C=O) groups excluding carboxylic acids is 1. The van der Waals surface area contributed by atoms with Crippen molar-refractivity contribution in [1.82, 2.24) is 4.90 Å². The predicted octanol–water partition coefficient (Wildman–Crippen LogP) is 2.58. The summed E-state index contributed by atoms with van der Waals surface area (Å²) in [6, 6.07) is 3.68. The minimum absolute atomic E-state index is 0.105. The first-order valence-corrected chi connectivity index (χ1v) is 8.85. The van der Waals surface area contributed by atoms with Gasteiger partial charge in [0.05, 0.1) is 22.3 Å². The van der Waals surface area contributed by atoms with Crippen molar-refractivity contribution in [2.75, 3.05) is 31.3 Å². The summed E-state index contributed by atoms with van der Waals surface area (Å²) in [4.78, 5) is 13.8. The third-order valence-electron chi connectivity index (χ3n) is 3.18. The zero-order valence-corrected chi connectivity index (χ0v) is 13.8. The highest BCUT2D eigenvalue weighted by atomic mass is 32.2. The predicted molar refractivity (Wildman–Crippen MR) is 85.9 cm³/mol. The van der Waals surface area contributed by atoms with Crippen LogP contribution in [0.5, 0.6) is 0 Å². The number of nitrogens with zero attached hydrogens (tertiary/aromatic N) is 1. The lowest BCUT2D eigenvalue weighted by Gasteiger charge is -2.22. The van der Waals surface area contributed by atoms with E-state index in [0.29, 0.717) is 12.2 Å². The summed E-state index contributed by atoms with van der Waals surface area (Å²) in [6.07, 6.45) is 4.29. The van der Waals surface area contributed by atoms with Crippen LogP contribution in [-0.2, 0) is 10.8 Å². The smallest absolute Gasteiger partial charge is 0.321 e. The number of halogens is 1. The monoisotopic (exact) mass is 330 g/mol. The number of urea groups is 1. The van der Waals surface area contributed by atoms with Gasteiger partial charge in [-0.2, -0.15) is 0 Å². The summed E-state index contributed by atoms with van der Waals surface area (Å²) in [5.74, 6) is -0.613. The molecule has 0 saturated heterocycles. The molecule has 22 heavy (non-hydrogen) atoms. The molecule has 1 rings (SSSR count). The molecule has 0 aliphatic heterocycles. The SMILES string of the molecule is CCCCCN(CCO)C(=O)Nc1ccc(S(C)=O)c(F)c1. The number of carbonyl (C=O) groups is 1. The summed E-state index contributed by atoms with van der Waals surface area (Å²) < 4.78 is 25.0. The lowest BCUT2D eigenvalue weighted by molar-refractivity contribution is 0.187. The van der Waals surface area contributed by atoms with Crippen LogP contribution in [0, 0.1) is 5.82 Å². The summed E-state index contributed by atoms with van der Waals surface area (Å²) in [6.45, 7) is 2.72. The average molecular weight is 330 g/mol. The Labute approximate surface area is 133 Å². The van der Waals surface area contributed by atoms with E-state index < -0.39 is 16.6 Å². The summed E-state index contributed by atoms with van der Waals surface area (Å²) in [5.41, 5.74) is 0.301. The largest absolute Gasteiger partial charge is 0.395 e. The minimum Gasteiger partial charge on any atom is -0.395 e. The lowest BCUT2D eigenvalue weighted by atomic mass is 10.2.